The van der Waals surface area contributed by atoms with Crippen LogP contribution in [0.1, 0.15) is 43.3 Å². The van der Waals surface area contributed by atoms with Crippen molar-refractivity contribution in [3.05, 3.63) is 114 Å². The fraction of sp³-hybridized carbons (Fsp3) is 0.143. The van der Waals surface area contributed by atoms with Crippen LogP contribution >= 0.6 is 0 Å². The van der Waals surface area contributed by atoms with E-state index in [1.54, 1.807) is 18.3 Å². The summed E-state index contributed by atoms with van der Waals surface area (Å²) in [5, 5.41) is 10.8. The molecule has 0 bridgehead atoms. The Labute approximate surface area is 235 Å². The number of para-hydroxylation sites is 1. The second kappa shape index (κ2) is 9.88. The monoisotopic (exact) mass is 515 g/mol. The van der Waals surface area contributed by atoms with Gasteiger partial charge in [-0.2, -0.15) is 0 Å². The van der Waals surface area contributed by atoms with Crippen LogP contribution < -0.4 is 0 Å². The maximum atomic E-state index is 10.8. The molecule has 2 heterocycles. The van der Waals surface area contributed by atoms with Crippen LogP contribution in [-0.2, 0) is 0 Å². The number of oxazole rings is 1. The fourth-order valence-corrected chi connectivity index (χ4v) is 4.85. The molecular formula is C35H30N2O2. The maximum absolute atomic E-state index is 10.8. The van der Waals surface area contributed by atoms with E-state index in [0.29, 0.717) is 33.8 Å². The zero-order valence-corrected chi connectivity index (χ0v) is 22.2. The first-order chi connectivity index (χ1) is 20.9. The molecule has 0 saturated carbocycles. The number of aromatic nitrogens is 2. The SMILES string of the molecule is [2H]c1c([2H])c([2H])c(-c2ccnc(-c3cc(-c4cccc5oc(-c6cc(C)cc(C)c6O)nc45)cc(C(C)C)c3)c2)c([2H])c1[2H]. The molecule has 0 atom stereocenters. The van der Waals surface area contributed by atoms with Crippen molar-refractivity contribution in [2.75, 3.05) is 0 Å². The Hall–Kier alpha value is -4.70. The van der Waals surface area contributed by atoms with Gasteiger partial charge >= 0.3 is 0 Å². The lowest BCUT2D eigenvalue weighted by molar-refractivity contribution is 0.470. The number of rotatable bonds is 5. The summed E-state index contributed by atoms with van der Waals surface area (Å²) in [4.78, 5) is 9.45. The normalized spacial score (nSPS) is 13.2. The summed E-state index contributed by atoms with van der Waals surface area (Å²) >= 11 is 0. The van der Waals surface area contributed by atoms with E-state index in [4.69, 9.17) is 16.3 Å². The quantitative estimate of drug-likeness (QED) is 0.248. The third kappa shape index (κ3) is 4.70. The number of hydrogen-bond donors (Lipinski definition) is 1. The second-order valence-electron chi connectivity index (χ2n) is 10.1. The van der Waals surface area contributed by atoms with Crippen LogP contribution in [-0.4, -0.2) is 15.1 Å². The van der Waals surface area contributed by atoms with E-state index in [2.05, 4.69) is 31.0 Å². The molecule has 4 nitrogen and oxygen atoms in total. The van der Waals surface area contributed by atoms with Crippen LogP contribution in [0.5, 0.6) is 5.75 Å². The van der Waals surface area contributed by atoms with Gasteiger partial charge in [0.25, 0.3) is 0 Å². The molecule has 2 aromatic heterocycles. The van der Waals surface area contributed by atoms with E-state index >= 15 is 0 Å². The van der Waals surface area contributed by atoms with E-state index in [-0.39, 0.29) is 41.4 Å². The molecule has 0 saturated heterocycles. The summed E-state index contributed by atoms with van der Waals surface area (Å²) in [6.45, 7) is 8.03. The van der Waals surface area contributed by atoms with Crippen molar-refractivity contribution in [1.82, 2.24) is 9.97 Å². The molecule has 0 spiro atoms. The van der Waals surface area contributed by atoms with Gasteiger partial charge < -0.3 is 9.52 Å². The van der Waals surface area contributed by atoms with Gasteiger partial charge in [-0.25, -0.2) is 4.98 Å². The molecule has 0 unspecified atom stereocenters. The van der Waals surface area contributed by atoms with Gasteiger partial charge in [0.2, 0.25) is 5.89 Å². The summed E-state index contributed by atoms with van der Waals surface area (Å²) < 4.78 is 47.2. The Kier molecular flexibility index (Phi) is 4.91. The first-order valence-electron chi connectivity index (χ1n) is 15.3. The van der Waals surface area contributed by atoms with E-state index in [0.717, 1.165) is 33.4 Å². The first kappa shape index (κ1) is 19.4. The van der Waals surface area contributed by atoms with Crippen LogP contribution in [0.2, 0.25) is 0 Å². The van der Waals surface area contributed by atoms with Crippen molar-refractivity contribution >= 4 is 11.1 Å². The summed E-state index contributed by atoms with van der Waals surface area (Å²) in [7, 11) is 0. The number of aromatic hydroxyl groups is 1. The van der Waals surface area contributed by atoms with Gasteiger partial charge in [-0.3, -0.25) is 4.98 Å². The number of aryl methyl sites for hydroxylation is 2. The molecule has 0 aliphatic rings. The predicted molar refractivity (Wildman–Crippen MR) is 159 cm³/mol. The van der Waals surface area contributed by atoms with Crippen molar-refractivity contribution in [1.29, 1.82) is 0 Å². The lowest BCUT2D eigenvalue weighted by Crippen LogP contribution is -1.93. The molecule has 6 rings (SSSR count). The van der Waals surface area contributed by atoms with Crippen molar-refractivity contribution in [3.8, 4) is 50.7 Å². The Balaban J connectivity index is 1.51. The average molecular weight is 516 g/mol. The summed E-state index contributed by atoms with van der Waals surface area (Å²) in [6.07, 6.45) is 1.59. The zero-order chi connectivity index (χ0) is 31.4. The molecule has 39 heavy (non-hydrogen) atoms. The predicted octanol–water partition coefficient (Wildman–Crippen LogP) is 9.34. The van der Waals surface area contributed by atoms with E-state index in [1.807, 2.05) is 50.2 Å². The first-order valence-corrected chi connectivity index (χ1v) is 12.8. The van der Waals surface area contributed by atoms with E-state index in [1.165, 1.54) is 0 Å². The van der Waals surface area contributed by atoms with Gasteiger partial charge in [0.1, 0.15) is 11.3 Å². The van der Waals surface area contributed by atoms with Crippen LogP contribution in [0.15, 0.2) is 101 Å². The highest BCUT2D eigenvalue weighted by atomic mass is 16.3. The van der Waals surface area contributed by atoms with Crippen LogP contribution in [0.3, 0.4) is 0 Å². The van der Waals surface area contributed by atoms with Crippen molar-refractivity contribution in [2.24, 2.45) is 0 Å². The number of phenols is 1. The minimum absolute atomic E-state index is 0.134. The molecule has 6 aromatic rings. The molecule has 0 amide bonds. The lowest BCUT2D eigenvalue weighted by atomic mass is 9.92. The number of phenolic OH excluding ortho intramolecular Hbond substituents is 1. The molecule has 1 N–H and O–H groups in total. The van der Waals surface area contributed by atoms with Gasteiger partial charge in [-0.05, 0) is 89.5 Å². The Morgan fingerprint density at radius 2 is 1.62 bits per heavy atom. The van der Waals surface area contributed by atoms with Gasteiger partial charge in [0, 0.05) is 17.3 Å². The fourth-order valence-electron chi connectivity index (χ4n) is 4.85. The number of benzene rings is 4. The molecule has 4 aromatic carbocycles. The lowest BCUT2D eigenvalue weighted by Gasteiger charge is -2.13. The molecule has 0 radical (unpaired) electrons. The number of nitrogens with zero attached hydrogens (tertiary/aromatic N) is 2. The minimum Gasteiger partial charge on any atom is -0.507 e. The number of hydrogen-bond acceptors (Lipinski definition) is 4. The van der Waals surface area contributed by atoms with Crippen LogP contribution in [0.4, 0.5) is 0 Å². The summed E-state index contributed by atoms with van der Waals surface area (Å²) in [6, 6.07) is 17.4. The molecule has 0 aliphatic heterocycles. The highest BCUT2D eigenvalue weighted by Gasteiger charge is 2.18. The van der Waals surface area contributed by atoms with Gasteiger partial charge in [0.05, 0.1) is 18.1 Å². The highest BCUT2D eigenvalue weighted by Crippen LogP contribution is 2.39. The van der Waals surface area contributed by atoms with Crippen molar-refractivity contribution in [2.45, 2.75) is 33.6 Å². The van der Waals surface area contributed by atoms with Crippen LogP contribution in [0.25, 0.3) is 56.1 Å². The van der Waals surface area contributed by atoms with E-state index < -0.39 is 6.04 Å². The topological polar surface area (TPSA) is 59.2 Å². The smallest absolute Gasteiger partial charge is 0.231 e. The molecule has 192 valence electrons. The zero-order valence-electron chi connectivity index (χ0n) is 27.2. The molecule has 0 fully saturated rings. The summed E-state index contributed by atoms with van der Waals surface area (Å²) in [5.74, 6) is 0.667. The average Bonchev–Trinajstić information content (AvgIpc) is 3.45. The van der Waals surface area contributed by atoms with Crippen LogP contribution in [0, 0.1) is 13.8 Å². The Morgan fingerprint density at radius 1 is 0.821 bits per heavy atom. The van der Waals surface area contributed by atoms with Crippen molar-refractivity contribution in [3.63, 3.8) is 0 Å². The molecular weight excluding hydrogens is 480 g/mol. The molecule has 4 heteroatoms. The molecule has 0 aliphatic carbocycles. The highest BCUT2D eigenvalue weighted by molar-refractivity contribution is 5.93. The standard InChI is InChI=1S/C35H30N2O2/c1-21(2)26-17-27(19-28(18-26)31-20-25(13-14-36-31)24-9-6-5-7-10-24)29-11-8-12-32-33(29)37-35(39-32)30-16-22(3)15-23(4)34(30)38/h5-21,38H,1-4H3/i5D,6D,7D,9D,10D. The maximum Gasteiger partial charge on any atom is 0.231 e. The number of pyridine rings is 1. The Morgan fingerprint density at radius 3 is 2.41 bits per heavy atom. The van der Waals surface area contributed by atoms with Crippen molar-refractivity contribution < 1.29 is 16.4 Å². The Bertz CT molecular complexity index is 2070. The minimum atomic E-state index is -0.426. The third-order valence-electron chi connectivity index (χ3n) is 6.87. The van der Waals surface area contributed by atoms with E-state index in [9.17, 15) is 5.11 Å². The van der Waals surface area contributed by atoms with Gasteiger partial charge in [0.15, 0.2) is 5.58 Å². The number of fused-ring (bicyclic) bond motifs is 1. The van der Waals surface area contributed by atoms with Gasteiger partial charge in [-0.15, -0.1) is 0 Å². The van der Waals surface area contributed by atoms with Gasteiger partial charge in [-0.1, -0.05) is 68.3 Å². The largest absolute Gasteiger partial charge is 0.507 e. The third-order valence-corrected chi connectivity index (χ3v) is 6.87. The second-order valence-corrected chi connectivity index (χ2v) is 10.1. The summed E-state index contributed by atoms with van der Waals surface area (Å²) in [5.41, 5.74) is 8.38.